The Kier molecular flexibility index (Phi) is 4.11. The van der Waals surface area contributed by atoms with E-state index in [2.05, 4.69) is 5.10 Å². The second-order valence-corrected chi connectivity index (χ2v) is 6.07. The van der Waals surface area contributed by atoms with Crippen LogP contribution in [0.4, 0.5) is 20.7 Å². The van der Waals surface area contributed by atoms with Crippen LogP contribution in [0.1, 0.15) is 26.3 Å². The number of carbonyl (C=O) groups excluding carboxylic acids is 2. The van der Waals surface area contributed by atoms with E-state index < -0.39 is 23.7 Å². The van der Waals surface area contributed by atoms with E-state index in [1.807, 2.05) is 5.32 Å². The largest absolute Gasteiger partial charge is 0.465 e. The molecule has 1 aliphatic rings. The predicted octanol–water partition coefficient (Wildman–Crippen LogP) is 2.96. The molecule has 0 atom stereocenters. The summed E-state index contributed by atoms with van der Waals surface area (Å²) in [6.45, 7) is -0.00978. The normalized spacial score (nSPS) is 13.0. The molecule has 2 N–H and O–H groups in total. The molecule has 0 spiro atoms. The molecule has 2 heterocycles. The van der Waals surface area contributed by atoms with Gasteiger partial charge in [0.25, 0.3) is 11.8 Å². The Bertz CT molecular complexity index is 1090. The first-order valence-corrected chi connectivity index (χ1v) is 8.24. The van der Waals surface area contributed by atoms with Crippen LogP contribution in [-0.4, -0.2) is 32.8 Å². The van der Waals surface area contributed by atoms with E-state index in [4.69, 9.17) is 5.11 Å². The van der Waals surface area contributed by atoms with Gasteiger partial charge < -0.3 is 5.11 Å². The van der Waals surface area contributed by atoms with Crippen molar-refractivity contribution >= 4 is 29.4 Å². The summed E-state index contributed by atoms with van der Waals surface area (Å²) in [5.74, 6) is -1.52. The predicted molar refractivity (Wildman–Crippen MR) is 97.0 cm³/mol. The van der Waals surface area contributed by atoms with Gasteiger partial charge in [-0.2, -0.15) is 5.10 Å². The summed E-state index contributed by atoms with van der Waals surface area (Å²) in [7, 11) is 0. The molecular weight excluding hydrogens is 367 g/mol. The fraction of sp³-hybridized carbons (Fsp3) is 0.0526. The minimum atomic E-state index is -1.37. The van der Waals surface area contributed by atoms with E-state index in [0.29, 0.717) is 11.1 Å². The summed E-state index contributed by atoms with van der Waals surface area (Å²) < 4.78 is 15.8. The van der Waals surface area contributed by atoms with Crippen LogP contribution < -0.4 is 10.2 Å². The number of imide groups is 1. The summed E-state index contributed by atoms with van der Waals surface area (Å²) in [6.07, 6.45) is 0.137. The maximum Gasteiger partial charge on any atom is 0.409 e. The topological polar surface area (TPSA) is 105 Å². The van der Waals surface area contributed by atoms with E-state index in [0.717, 1.165) is 4.90 Å². The van der Waals surface area contributed by atoms with Gasteiger partial charge >= 0.3 is 6.09 Å². The fourth-order valence-electron chi connectivity index (χ4n) is 3.04. The molecule has 4 rings (SSSR count). The highest BCUT2D eigenvalue weighted by Gasteiger charge is 2.37. The van der Waals surface area contributed by atoms with Crippen molar-refractivity contribution in [1.82, 2.24) is 9.78 Å². The highest BCUT2D eigenvalue weighted by atomic mass is 19.1. The van der Waals surface area contributed by atoms with Gasteiger partial charge in [-0.1, -0.05) is 24.3 Å². The standard InChI is InChI=1S/C19H13FN4O4/c20-16-11(4-3-7-14(16)21-19(27)28)10-23-9-8-15(22-23)24-17(25)12-5-1-2-6-13(12)18(24)26/h1-9,21H,10H2,(H,27,28). The second-order valence-electron chi connectivity index (χ2n) is 6.07. The molecule has 1 aromatic heterocycles. The van der Waals surface area contributed by atoms with Crippen LogP contribution in [0.25, 0.3) is 0 Å². The van der Waals surface area contributed by atoms with Gasteiger partial charge in [0.05, 0.1) is 23.4 Å². The minimum Gasteiger partial charge on any atom is -0.465 e. The van der Waals surface area contributed by atoms with Crippen molar-refractivity contribution in [1.29, 1.82) is 0 Å². The first kappa shape index (κ1) is 17.4. The zero-order valence-corrected chi connectivity index (χ0v) is 14.3. The molecule has 9 heteroatoms. The highest BCUT2D eigenvalue weighted by Crippen LogP contribution is 2.27. The number of aromatic nitrogens is 2. The van der Waals surface area contributed by atoms with Crippen LogP contribution in [0.2, 0.25) is 0 Å². The number of nitrogens with one attached hydrogen (secondary N) is 1. The van der Waals surface area contributed by atoms with Crippen molar-refractivity contribution in [3.8, 4) is 0 Å². The number of carboxylic acid groups (broad SMARTS) is 1. The number of hydrogen-bond acceptors (Lipinski definition) is 4. The summed E-state index contributed by atoms with van der Waals surface area (Å²) >= 11 is 0. The van der Waals surface area contributed by atoms with E-state index in [-0.39, 0.29) is 23.6 Å². The van der Waals surface area contributed by atoms with Gasteiger partial charge in [0.1, 0.15) is 0 Å². The zero-order chi connectivity index (χ0) is 19.8. The second kappa shape index (κ2) is 6.62. The molecule has 2 aromatic carbocycles. The Balaban J connectivity index is 1.59. The fourth-order valence-corrected chi connectivity index (χ4v) is 3.04. The number of carbonyl (C=O) groups is 3. The zero-order valence-electron chi connectivity index (χ0n) is 14.3. The summed E-state index contributed by atoms with van der Waals surface area (Å²) in [4.78, 5) is 36.7. The molecule has 0 aliphatic carbocycles. The number of halogens is 1. The molecule has 1 aliphatic heterocycles. The van der Waals surface area contributed by atoms with Crippen molar-refractivity contribution in [3.05, 3.63) is 77.2 Å². The Labute approximate surface area is 157 Å². The molecule has 0 unspecified atom stereocenters. The van der Waals surface area contributed by atoms with Crippen LogP contribution >= 0.6 is 0 Å². The monoisotopic (exact) mass is 380 g/mol. The molecule has 0 radical (unpaired) electrons. The quantitative estimate of drug-likeness (QED) is 0.677. The SMILES string of the molecule is O=C(O)Nc1cccc(Cn2ccc(N3C(=O)c4ccccc4C3=O)n2)c1F. The molecule has 3 aromatic rings. The third-order valence-corrected chi connectivity index (χ3v) is 4.30. The van der Waals surface area contributed by atoms with Crippen molar-refractivity contribution in [2.24, 2.45) is 0 Å². The number of hydrogen-bond donors (Lipinski definition) is 2. The third kappa shape index (κ3) is 2.88. The molecule has 0 fully saturated rings. The lowest BCUT2D eigenvalue weighted by molar-refractivity contribution is 0.0924. The lowest BCUT2D eigenvalue weighted by atomic mass is 10.1. The van der Waals surface area contributed by atoms with Crippen LogP contribution in [0.15, 0.2) is 54.7 Å². The van der Waals surface area contributed by atoms with Crippen molar-refractivity contribution in [3.63, 3.8) is 0 Å². The summed E-state index contributed by atoms with van der Waals surface area (Å²) in [5.41, 5.74) is 0.641. The lowest BCUT2D eigenvalue weighted by Crippen LogP contribution is -2.29. The van der Waals surface area contributed by atoms with Gasteiger partial charge in [-0.15, -0.1) is 0 Å². The van der Waals surface area contributed by atoms with E-state index in [1.54, 1.807) is 24.3 Å². The molecule has 3 amide bonds. The molecule has 0 bridgehead atoms. The summed E-state index contributed by atoms with van der Waals surface area (Å²) in [5, 5.41) is 14.9. The van der Waals surface area contributed by atoms with Crippen LogP contribution in [-0.2, 0) is 6.54 Å². The molecule has 28 heavy (non-hydrogen) atoms. The number of anilines is 2. The third-order valence-electron chi connectivity index (χ3n) is 4.30. The average Bonchev–Trinajstić information content (AvgIpc) is 3.21. The van der Waals surface area contributed by atoms with Gasteiger partial charge in [-0.3, -0.25) is 19.6 Å². The number of rotatable bonds is 4. The van der Waals surface area contributed by atoms with Crippen molar-refractivity contribution in [2.75, 3.05) is 10.2 Å². The molecule has 140 valence electrons. The first-order valence-electron chi connectivity index (χ1n) is 8.24. The number of benzene rings is 2. The minimum absolute atomic E-state index is 0.00978. The van der Waals surface area contributed by atoms with Crippen LogP contribution in [0.3, 0.4) is 0 Å². The molecular formula is C19H13FN4O4. The smallest absolute Gasteiger partial charge is 0.409 e. The van der Waals surface area contributed by atoms with Crippen molar-refractivity contribution < 1.29 is 23.9 Å². The molecule has 8 nitrogen and oxygen atoms in total. The van der Waals surface area contributed by atoms with Crippen molar-refractivity contribution in [2.45, 2.75) is 6.54 Å². The maximum atomic E-state index is 14.4. The Hall–Kier alpha value is -4.01. The van der Waals surface area contributed by atoms with E-state index in [1.165, 1.54) is 35.1 Å². The van der Waals surface area contributed by atoms with Crippen LogP contribution in [0.5, 0.6) is 0 Å². The van der Waals surface area contributed by atoms with Crippen LogP contribution in [0, 0.1) is 5.82 Å². The van der Waals surface area contributed by atoms with E-state index in [9.17, 15) is 18.8 Å². The summed E-state index contributed by atoms with van der Waals surface area (Å²) in [6, 6.07) is 12.3. The number of nitrogens with zero attached hydrogens (tertiary/aromatic N) is 3. The van der Waals surface area contributed by atoms with E-state index >= 15 is 0 Å². The van der Waals surface area contributed by atoms with Gasteiger partial charge in [0.2, 0.25) is 0 Å². The Morgan fingerprint density at radius 2 is 1.71 bits per heavy atom. The highest BCUT2D eigenvalue weighted by molar-refractivity contribution is 6.34. The number of fused-ring (bicyclic) bond motifs is 1. The Morgan fingerprint density at radius 3 is 2.36 bits per heavy atom. The van der Waals surface area contributed by atoms with Gasteiger partial charge in [0, 0.05) is 17.8 Å². The van der Waals surface area contributed by atoms with Gasteiger partial charge in [0.15, 0.2) is 11.6 Å². The Morgan fingerprint density at radius 1 is 1.04 bits per heavy atom. The first-order chi connectivity index (χ1) is 13.5. The maximum absolute atomic E-state index is 14.4. The van der Waals surface area contributed by atoms with Gasteiger partial charge in [-0.25, -0.2) is 14.1 Å². The molecule has 0 saturated heterocycles. The molecule has 0 saturated carbocycles. The average molecular weight is 380 g/mol. The lowest BCUT2D eigenvalue weighted by Gasteiger charge is -2.10. The van der Waals surface area contributed by atoms with Gasteiger partial charge in [-0.05, 0) is 18.2 Å². The number of amides is 3.